The molecule has 0 unspecified atom stereocenters. The molecule has 0 atom stereocenters. The molecule has 0 aliphatic heterocycles. The van der Waals surface area contributed by atoms with Crippen molar-refractivity contribution in [2.75, 3.05) is 12.0 Å². The molecule has 0 aliphatic rings. The molecule has 0 amide bonds. The van der Waals surface area contributed by atoms with Crippen LogP contribution in [0.4, 0.5) is 5.82 Å². The Kier molecular flexibility index (Phi) is 5.91. The first-order valence-corrected chi connectivity index (χ1v) is 8.18. The fraction of sp³-hybridized carbons (Fsp3) is 0.615. The van der Waals surface area contributed by atoms with Crippen LogP contribution in [0.5, 0.6) is 0 Å². The molecule has 0 spiro atoms. The van der Waals surface area contributed by atoms with E-state index in [1.54, 1.807) is 0 Å². The smallest absolute Gasteiger partial charge is 0.242 e. The molecule has 1 rings (SSSR count). The molecule has 0 aromatic carbocycles. The molecule has 0 fully saturated rings. The second kappa shape index (κ2) is 7.01. The third kappa shape index (κ3) is 4.43. The Balaban J connectivity index is 2.78. The molecule has 0 bridgehead atoms. The van der Waals surface area contributed by atoms with E-state index < -0.39 is 10.0 Å². The summed E-state index contributed by atoms with van der Waals surface area (Å²) in [6.07, 6.45) is 1.29. The van der Waals surface area contributed by atoms with E-state index in [2.05, 4.69) is 42.8 Å². The van der Waals surface area contributed by atoms with Gasteiger partial charge in [-0.2, -0.15) is 0 Å². The largest absolute Gasteiger partial charge is 0.308 e. The zero-order valence-electron chi connectivity index (χ0n) is 12.4. The highest BCUT2D eigenvalue weighted by atomic mass is 32.2. The number of aromatic nitrogens is 1. The predicted octanol–water partition coefficient (Wildman–Crippen LogP) is 1.57. The molecule has 114 valence electrons. The number of nitrogens with one attached hydrogen (secondary N) is 2. The van der Waals surface area contributed by atoms with E-state index in [4.69, 9.17) is 5.84 Å². The lowest BCUT2D eigenvalue weighted by Crippen LogP contribution is -2.34. The Morgan fingerprint density at radius 3 is 2.20 bits per heavy atom. The van der Waals surface area contributed by atoms with E-state index in [1.807, 2.05) is 0 Å². The lowest BCUT2D eigenvalue weighted by Gasteiger charge is -2.24. The zero-order chi connectivity index (χ0) is 15.3. The summed E-state index contributed by atoms with van der Waals surface area (Å²) in [6, 6.07) is 3.00. The molecule has 6 nitrogen and oxygen atoms in total. The molecule has 1 aromatic rings. The number of rotatable bonds is 7. The van der Waals surface area contributed by atoms with Crippen LogP contribution in [0.1, 0.15) is 27.7 Å². The second-order valence-electron chi connectivity index (χ2n) is 5.53. The van der Waals surface area contributed by atoms with Gasteiger partial charge in [-0.3, -0.25) is 0 Å². The fourth-order valence-electron chi connectivity index (χ4n) is 2.16. The van der Waals surface area contributed by atoms with E-state index in [1.165, 1.54) is 18.3 Å². The highest BCUT2D eigenvalue weighted by Crippen LogP contribution is 2.20. The van der Waals surface area contributed by atoms with E-state index >= 15 is 0 Å². The summed E-state index contributed by atoms with van der Waals surface area (Å²) in [6.45, 7) is 8.82. The standard InChI is InChI=1S/C13H24N4O2S/c1-9(2)12(10(3)4)8-16-20(18,19)11-5-6-13(17-14)15-7-11/h5-7,9-10,12,16H,8,14H2,1-4H3,(H,15,17). The number of sulfonamides is 1. The van der Waals surface area contributed by atoms with Gasteiger partial charge in [0.25, 0.3) is 0 Å². The zero-order valence-corrected chi connectivity index (χ0v) is 13.2. The van der Waals surface area contributed by atoms with Crippen LogP contribution in [0.3, 0.4) is 0 Å². The molecule has 0 saturated carbocycles. The summed E-state index contributed by atoms with van der Waals surface area (Å²) in [5.41, 5.74) is 2.36. The van der Waals surface area contributed by atoms with Crippen molar-refractivity contribution in [3.63, 3.8) is 0 Å². The quantitative estimate of drug-likeness (QED) is 0.524. The predicted molar refractivity (Wildman–Crippen MR) is 80.4 cm³/mol. The normalized spacial score (nSPS) is 12.4. The average molecular weight is 300 g/mol. The number of hydrogen-bond donors (Lipinski definition) is 3. The van der Waals surface area contributed by atoms with Crippen LogP contribution < -0.4 is 16.0 Å². The van der Waals surface area contributed by atoms with Gasteiger partial charge in [0, 0.05) is 12.7 Å². The number of pyridine rings is 1. The van der Waals surface area contributed by atoms with Crippen molar-refractivity contribution in [2.24, 2.45) is 23.6 Å². The number of anilines is 1. The van der Waals surface area contributed by atoms with E-state index in [0.29, 0.717) is 30.1 Å². The maximum Gasteiger partial charge on any atom is 0.242 e. The van der Waals surface area contributed by atoms with E-state index in [9.17, 15) is 8.42 Å². The molecule has 4 N–H and O–H groups in total. The highest BCUT2D eigenvalue weighted by molar-refractivity contribution is 7.89. The maximum atomic E-state index is 12.2. The Morgan fingerprint density at radius 2 is 1.80 bits per heavy atom. The van der Waals surface area contributed by atoms with Gasteiger partial charge in [0.05, 0.1) is 0 Å². The Bertz CT molecular complexity index is 504. The molecule has 20 heavy (non-hydrogen) atoms. The van der Waals surface area contributed by atoms with Crippen LogP contribution in [0.2, 0.25) is 0 Å². The molecule has 0 saturated heterocycles. The van der Waals surface area contributed by atoms with Gasteiger partial charge in [-0.25, -0.2) is 24.0 Å². The minimum Gasteiger partial charge on any atom is -0.308 e. The van der Waals surface area contributed by atoms with Gasteiger partial charge in [-0.15, -0.1) is 0 Å². The molecule has 0 radical (unpaired) electrons. The molecule has 0 aliphatic carbocycles. The molecular formula is C13H24N4O2S. The summed E-state index contributed by atoms with van der Waals surface area (Å²) in [5, 5.41) is 0. The number of nitrogens with zero attached hydrogens (tertiary/aromatic N) is 1. The van der Waals surface area contributed by atoms with Crippen LogP contribution in [0, 0.1) is 17.8 Å². The Hall–Kier alpha value is -1.18. The molecule has 1 aromatic heterocycles. The summed E-state index contributed by atoms with van der Waals surface area (Å²) in [5.74, 6) is 6.75. The highest BCUT2D eigenvalue weighted by Gasteiger charge is 2.21. The van der Waals surface area contributed by atoms with Gasteiger partial charge in [0.15, 0.2) is 0 Å². The van der Waals surface area contributed by atoms with Gasteiger partial charge in [-0.05, 0) is 29.9 Å². The van der Waals surface area contributed by atoms with Gasteiger partial charge in [0.2, 0.25) is 10.0 Å². The number of nitrogen functional groups attached to an aromatic ring is 1. The number of hydrazine groups is 1. The molecule has 1 heterocycles. The molecule has 7 heteroatoms. The number of nitrogens with two attached hydrogens (primary N) is 1. The second-order valence-corrected chi connectivity index (χ2v) is 7.29. The first kappa shape index (κ1) is 16.9. The molecular weight excluding hydrogens is 276 g/mol. The summed E-state index contributed by atoms with van der Waals surface area (Å²) < 4.78 is 27.0. The van der Waals surface area contributed by atoms with Crippen LogP contribution >= 0.6 is 0 Å². The maximum absolute atomic E-state index is 12.2. The van der Waals surface area contributed by atoms with E-state index in [-0.39, 0.29) is 4.90 Å². The Labute approximate surface area is 121 Å². The topological polar surface area (TPSA) is 97.1 Å². The first-order valence-electron chi connectivity index (χ1n) is 6.70. The summed E-state index contributed by atoms with van der Waals surface area (Å²) in [4.78, 5) is 4.05. The fourth-order valence-corrected chi connectivity index (χ4v) is 3.17. The van der Waals surface area contributed by atoms with Crippen LogP contribution in [-0.2, 0) is 10.0 Å². The lowest BCUT2D eigenvalue weighted by atomic mass is 9.86. The van der Waals surface area contributed by atoms with E-state index in [0.717, 1.165) is 0 Å². The van der Waals surface area contributed by atoms with Crippen molar-refractivity contribution >= 4 is 15.8 Å². The van der Waals surface area contributed by atoms with Crippen molar-refractivity contribution in [3.05, 3.63) is 18.3 Å². The van der Waals surface area contributed by atoms with Crippen molar-refractivity contribution in [1.82, 2.24) is 9.71 Å². The summed E-state index contributed by atoms with van der Waals surface area (Å²) >= 11 is 0. The van der Waals surface area contributed by atoms with Crippen LogP contribution in [0.25, 0.3) is 0 Å². The monoisotopic (exact) mass is 300 g/mol. The van der Waals surface area contributed by atoms with Gasteiger partial charge < -0.3 is 5.43 Å². The SMILES string of the molecule is CC(C)C(CNS(=O)(=O)c1ccc(NN)nc1)C(C)C. The third-order valence-electron chi connectivity index (χ3n) is 3.42. The minimum atomic E-state index is -3.53. The average Bonchev–Trinajstić information content (AvgIpc) is 2.38. The third-order valence-corrected chi connectivity index (χ3v) is 4.82. The lowest BCUT2D eigenvalue weighted by molar-refractivity contribution is 0.289. The summed E-state index contributed by atoms with van der Waals surface area (Å²) in [7, 11) is -3.53. The van der Waals surface area contributed by atoms with Crippen molar-refractivity contribution in [3.8, 4) is 0 Å². The van der Waals surface area contributed by atoms with Crippen LogP contribution in [-0.4, -0.2) is 19.9 Å². The number of hydrogen-bond acceptors (Lipinski definition) is 5. The van der Waals surface area contributed by atoms with Crippen molar-refractivity contribution < 1.29 is 8.42 Å². The van der Waals surface area contributed by atoms with Crippen LogP contribution in [0.15, 0.2) is 23.2 Å². The Morgan fingerprint density at radius 1 is 1.20 bits per heavy atom. The van der Waals surface area contributed by atoms with Gasteiger partial charge >= 0.3 is 0 Å². The van der Waals surface area contributed by atoms with Crippen molar-refractivity contribution in [2.45, 2.75) is 32.6 Å². The minimum absolute atomic E-state index is 0.141. The first-order chi connectivity index (χ1) is 9.27. The van der Waals surface area contributed by atoms with Crippen molar-refractivity contribution in [1.29, 1.82) is 0 Å². The van der Waals surface area contributed by atoms with Gasteiger partial charge in [0.1, 0.15) is 10.7 Å². The van der Waals surface area contributed by atoms with Gasteiger partial charge in [-0.1, -0.05) is 27.7 Å².